The molecule has 1 aromatic rings. The molecule has 0 bridgehead atoms. The highest BCUT2D eigenvalue weighted by Crippen LogP contribution is 2.37. The molecule has 98 valence electrons. The van der Waals surface area contributed by atoms with E-state index in [-0.39, 0.29) is 17.2 Å². The molecule has 1 rings (SSSR count). The van der Waals surface area contributed by atoms with E-state index in [4.69, 9.17) is 15.2 Å². The molecule has 5 nitrogen and oxygen atoms in total. The van der Waals surface area contributed by atoms with Crippen LogP contribution in [0.5, 0.6) is 17.2 Å². The Balaban J connectivity index is 3.29. The average molecular weight is 251 g/mol. The second-order valence-electron chi connectivity index (χ2n) is 3.66. The third-order valence-corrected chi connectivity index (χ3v) is 2.54. The van der Waals surface area contributed by atoms with E-state index in [1.807, 2.05) is 6.92 Å². The molecule has 0 heterocycles. The summed E-state index contributed by atoms with van der Waals surface area (Å²) in [5.41, 5.74) is 6.42. The maximum absolute atomic E-state index is 11.2. The first-order chi connectivity index (χ1) is 8.53. The Bertz CT molecular complexity index is 455. The summed E-state index contributed by atoms with van der Waals surface area (Å²) >= 11 is 0. The van der Waals surface area contributed by atoms with E-state index in [1.54, 1.807) is 18.2 Å². The summed E-state index contributed by atoms with van der Waals surface area (Å²) in [6, 6.07) is 3.22. The molecule has 0 atom stereocenters. The number of benzene rings is 1. The Morgan fingerprint density at radius 1 is 1.33 bits per heavy atom. The van der Waals surface area contributed by atoms with Gasteiger partial charge in [0.25, 0.3) is 0 Å². The van der Waals surface area contributed by atoms with Crippen LogP contribution in [-0.2, 0) is 4.79 Å². The number of hydrogen-bond donors (Lipinski definition) is 2. The number of methoxy groups -OCH3 is 2. The van der Waals surface area contributed by atoms with Crippen LogP contribution in [0.4, 0.5) is 0 Å². The zero-order chi connectivity index (χ0) is 13.7. The molecule has 18 heavy (non-hydrogen) atoms. The van der Waals surface area contributed by atoms with Crippen LogP contribution in [0, 0.1) is 0 Å². The van der Waals surface area contributed by atoms with Crippen LogP contribution < -0.4 is 15.2 Å². The maximum Gasteiger partial charge on any atom is 0.244 e. The van der Waals surface area contributed by atoms with Gasteiger partial charge in [-0.3, -0.25) is 4.79 Å². The molecule has 0 aliphatic heterocycles. The number of phenolic OH excluding ortho intramolecular Hbond substituents is 1. The molecule has 5 heteroatoms. The predicted molar refractivity (Wildman–Crippen MR) is 68.7 cm³/mol. The normalized spacial score (nSPS) is 11.2. The van der Waals surface area contributed by atoms with Crippen molar-refractivity contribution in [2.24, 2.45) is 5.73 Å². The minimum atomic E-state index is -0.469. The third-order valence-electron chi connectivity index (χ3n) is 2.54. The zero-order valence-corrected chi connectivity index (χ0v) is 10.7. The van der Waals surface area contributed by atoms with Crippen molar-refractivity contribution < 1.29 is 19.4 Å². The van der Waals surface area contributed by atoms with Gasteiger partial charge in [-0.25, -0.2) is 0 Å². The van der Waals surface area contributed by atoms with Gasteiger partial charge in [-0.1, -0.05) is 6.92 Å². The Morgan fingerprint density at radius 3 is 2.17 bits per heavy atom. The molecule has 0 spiro atoms. The van der Waals surface area contributed by atoms with Gasteiger partial charge in [0, 0.05) is 5.57 Å². The average Bonchev–Trinajstić information content (AvgIpc) is 2.36. The summed E-state index contributed by atoms with van der Waals surface area (Å²) in [5.74, 6) is 0.0128. The van der Waals surface area contributed by atoms with E-state index in [0.717, 1.165) is 0 Å². The van der Waals surface area contributed by atoms with Crippen LogP contribution >= 0.6 is 0 Å². The van der Waals surface area contributed by atoms with E-state index in [1.165, 1.54) is 14.2 Å². The highest BCUT2D eigenvalue weighted by Gasteiger charge is 2.11. The fourth-order valence-corrected chi connectivity index (χ4v) is 1.55. The molecule has 0 radical (unpaired) electrons. The SMILES string of the molecule is CCC(=Cc1cc(OC)c(O)c(OC)c1)C(N)=O. The molecular formula is C13H17NO4. The number of hydrogen-bond acceptors (Lipinski definition) is 4. The van der Waals surface area contributed by atoms with Crippen molar-refractivity contribution in [3.05, 3.63) is 23.3 Å². The van der Waals surface area contributed by atoms with Gasteiger partial charge in [0.05, 0.1) is 14.2 Å². The van der Waals surface area contributed by atoms with Crippen LogP contribution in [0.15, 0.2) is 17.7 Å². The summed E-state index contributed by atoms with van der Waals surface area (Å²) in [4.78, 5) is 11.2. The zero-order valence-electron chi connectivity index (χ0n) is 10.7. The minimum Gasteiger partial charge on any atom is -0.502 e. The quantitative estimate of drug-likeness (QED) is 0.780. The van der Waals surface area contributed by atoms with E-state index in [2.05, 4.69) is 0 Å². The van der Waals surface area contributed by atoms with Gasteiger partial charge < -0.3 is 20.3 Å². The lowest BCUT2D eigenvalue weighted by Crippen LogP contribution is -2.13. The number of primary amides is 1. The largest absolute Gasteiger partial charge is 0.502 e. The molecule has 0 aliphatic carbocycles. The van der Waals surface area contributed by atoms with Crippen LogP contribution in [0.2, 0.25) is 0 Å². The Hall–Kier alpha value is -2.17. The smallest absolute Gasteiger partial charge is 0.244 e. The van der Waals surface area contributed by atoms with Gasteiger partial charge in [0.15, 0.2) is 11.5 Å². The second-order valence-corrected chi connectivity index (χ2v) is 3.66. The highest BCUT2D eigenvalue weighted by atomic mass is 16.5. The molecule has 0 saturated heterocycles. The van der Waals surface area contributed by atoms with Gasteiger partial charge in [-0.15, -0.1) is 0 Å². The summed E-state index contributed by atoms with van der Waals surface area (Å²) in [6.07, 6.45) is 2.17. The molecule has 3 N–H and O–H groups in total. The monoisotopic (exact) mass is 251 g/mol. The molecule has 0 fully saturated rings. The summed E-state index contributed by atoms with van der Waals surface area (Å²) in [5, 5.41) is 9.75. The fraction of sp³-hybridized carbons (Fsp3) is 0.308. The van der Waals surface area contributed by atoms with Gasteiger partial charge in [-0.2, -0.15) is 0 Å². The van der Waals surface area contributed by atoms with Gasteiger partial charge >= 0.3 is 0 Å². The van der Waals surface area contributed by atoms with Crippen LogP contribution in [0.25, 0.3) is 6.08 Å². The Labute approximate surface area is 106 Å². The molecule has 0 aromatic heterocycles. The minimum absolute atomic E-state index is 0.0747. The molecule has 0 aliphatic rings. The predicted octanol–water partition coefficient (Wildman–Crippen LogP) is 1.69. The number of aromatic hydroxyl groups is 1. The molecule has 1 aromatic carbocycles. The molecule has 1 amide bonds. The lowest BCUT2D eigenvalue weighted by Gasteiger charge is -2.10. The number of ether oxygens (including phenoxy) is 2. The van der Waals surface area contributed by atoms with Crippen LogP contribution in [0.1, 0.15) is 18.9 Å². The second kappa shape index (κ2) is 5.95. The third kappa shape index (κ3) is 2.94. The van der Waals surface area contributed by atoms with E-state index in [0.29, 0.717) is 17.6 Å². The van der Waals surface area contributed by atoms with E-state index >= 15 is 0 Å². The maximum atomic E-state index is 11.2. The Kier molecular flexibility index (Phi) is 4.59. The molecule has 0 unspecified atom stereocenters. The molecule has 0 saturated carbocycles. The van der Waals surface area contributed by atoms with Crippen molar-refractivity contribution in [2.75, 3.05) is 14.2 Å². The number of carbonyl (C=O) groups excluding carboxylic acids is 1. The fourth-order valence-electron chi connectivity index (χ4n) is 1.55. The van der Waals surface area contributed by atoms with Crippen molar-refractivity contribution in [2.45, 2.75) is 13.3 Å². The summed E-state index contributed by atoms with van der Waals surface area (Å²) in [7, 11) is 2.88. The standard InChI is InChI=1S/C13H17NO4/c1-4-9(13(14)16)5-8-6-10(17-2)12(15)11(7-8)18-3/h5-7,15H,4H2,1-3H3,(H2,14,16). The number of amides is 1. The molecular weight excluding hydrogens is 234 g/mol. The topological polar surface area (TPSA) is 81.8 Å². The van der Waals surface area contributed by atoms with Gasteiger partial charge in [0.2, 0.25) is 11.7 Å². The first-order valence-corrected chi connectivity index (χ1v) is 5.48. The lowest BCUT2D eigenvalue weighted by molar-refractivity contribution is -0.114. The van der Waals surface area contributed by atoms with Crippen molar-refractivity contribution in [3.8, 4) is 17.2 Å². The van der Waals surface area contributed by atoms with Crippen molar-refractivity contribution in [1.82, 2.24) is 0 Å². The van der Waals surface area contributed by atoms with Crippen molar-refractivity contribution >= 4 is 12.0 Å². The summed E-state index contributed by atoms with van der Waals surface area (Å²) < 4.78 is 10.1. The number of phenols is 1. The highest BCUT2D eigenvalue weighted by molar-refractivity contribution is 5.96. The number of nitrogens with two attached hydrogens (primary N) is 1. The Morgan fingerprint density at radius 2 is 1.83 bits per heavy atom. The van der Waals surface area contributed by atoms with Gasteiger partial charge in [-0.05, 0) is 30.2 Å². The number of carbonyl (C=O) groups is 1. The van der Waals surface area contributed by atoms with E-state index < -0.39 is 5.91 Å². The van der Waals surface area contributed by atoms with Crippen LogP contribution in [0.3, 0.4) is 0 Å². The first-order valence-electron chi connectivity index (χ1n) is 5.48. The van der Waals surface area contributed by atoms with Crippen molar-refractivity contribution in [3.63, 3.8) is 0 Å². The van der Waals surface area contributed by atoms with E-state index in [9.17, 15) is 9.90 Å². The first kappa shape index (κ1) is 13.9. The lowest BCUT2D eigenvalue weighted by atomic mass is 10.1. The van der Waals surface area contributed by atoms with Crippen LogP contribution in [-0.4, -0.2) is 25.2 Å². The summed E-state index contributed by atoms with van der Waals surface area (Å²) in [6.45, 7) is 1.84. The van der Waals surface area contributed by atoms with Gasteiger partial charge in [0.1, 0.15) is 0 Å². The van der Waals surface area contributed by atoms with Crippen molar-refractivity contribution in [1.29, 1.82) is 0 Å². The number of rotatable bonds is 5.